The number of nitrogen functional groups attached to an aromatic ring is 1. The van der Waals surface area contributed by atoms with Crippen molar-refractivity contribution in [1.29, 1.82) is 5.41 Å². The molecule has 1 heterocycles. The van der Waals surface area contributed by atoms with Gasteiger partial charge < -0.3 is 5.73 Å². The Hall–Kier alpha value is -1.07. The molecular weight excluding hydrogens is 244 g/mol. The topological polar surface area (TPSA) is 66.0 Å². The highest BCUT2D eigenvalue weighted by atomic mass is 32.2. The second-order valence-electron chi connectivity index (χ2n) is 4.36. The Labute approximate surface area is 113 Å². The van der Waals surface area contributed by atoms with Crippen molar-refractivity contribution in [3.05, 3.63) is 29.6 Å². The van der Waals surface area contributed by atoms with E-state index >= 15 is 0 Å². The number of rotatable bonds is 7. The molecule has 0 amide bonds. The van der Waals surface area contributed by atoms with Crippen LogP contribution in [0.15, 0.2) is 18.3 Å². The molecule has 4 nitrogen and oxygen atoms in total. The molecule has 1 aromatic rings. The first kappa shape index (κ1) is 15.0. The highest BCUT2D eigenvalue weighted by molar-refractivity contribution is 7.98. The third-order valence-corrected chi connectivity index (χ3v) is 3.74. The standard InChI is InChI=1S/C13H22N4S/c1-4-11(9-18-3)17(2)8-10-6-5-7-16-12(10)13(14)15/h5-7,11H,4,8-9H2,1-3H3,(H3,14,15). The van der Waals surface area contributed by atoms with Crippen molar-refractivity contribution in [2.75, 3.05) is 19.1 Å². The van der Waals surface area contributed by atoms with Crippen LogP contribution in [0, 0.1) is 5.41 Å². The van der Waals surface area contributed by atoms with Crippen LogP contribution < -0.4 is 5.73 Å². The first-order valence-electron chi connectivity index (χ1n) is 6.07. The molecule has 3 N–H and O–H groups in total. The first-order valence-corrected chi connectivity index (χ1v) is 7.47. The number of hydrogen-bond acceptors (Lipinski definition) is 4. The van der Waals surface area contributed by atoms with Gasteiger partial charge in [-0.15, -0.1) is 0 Å². The monoisotopic (exact) mass is 266 g/mol. The van der Waals surface area contributed by atoms with E-state index in [4.69, 9.17) is 11.1 Å². The van der Waals surface area contributed by atoms with Crippen molar-refractivity contribution in [1.82, 2.24) is 9.88 Å². The number of nitrogens with zero attached hydrogens (tertiary/aromatic N) is 2. The van der Waals surface area contributed by atoms with E-state index < -0.39 is 0 Å². The summed E-state index contributed by atoms with van der Waals surface area (Å²) in [6.45, 7) is 2.98. The Morgan fingerprint density at radius 2 is 2.33 bits per heavy atom. The van der Waals surface area contributed by atoms with Gasteiger partial charge in [-0.3, -0.25) is 15.3 Å². The molecule has 1 rings (SSSR count). The van der Waals surface area contributed by atoms with Crippen molar-refractivity contribution in [2.45, 2.75) is 25.9 Å². The fourth-order valence-corrected chi connectivity index (χ4v) is 2.83. The van der Waals surface area contributed by atoms with E-state index in [2.05, 4.69) is 30.1 Å². The first-order chi connectivity index (χ1) is 8.60. The lowest BCUT2D eigenvalue weighted by molar-refractivity contribution is 0.247. The van der Waals surface area contributed by atoms with Crippen molar-refractivity contribution in [2.24, 2.45) is 5.73 Å². The largest absolute Gasteiger partial charge is 0.382 e. The van der Waals surface area contributed by atoms with Crippen molar-refractivity contribution in [3.8, 4) is 0 Å². The predicted octanol–water partition coefficient (Wildman–Crippen LogP) is 1.94. The van der Waals surface area contributed by atoms with Crippen LogP contribution in [-0.4, -0.2) is 40.8 Å². The Kier molecular flexibility index (Phi) is 6.15. The summed E-state index contributed by atoms with van der Waals surface area (Å²) in [4.78, 5) is 6.49. The van der Waals surface area contributed by atoms with Gasteiger partial charge in [-0.25, -0.2) is 0 Å². The molecule has 0 fully saturated rings. The molecule has 0 aliphatic heterocycles. The van der Waals surface area contributed by atoms with Gasteiger partial charge in [-0.1, -0.05) is 13.0 Å². The van der Waals surface area contributed by atoms with Crippen LogP contribution in [0.3, 0.4) is 0 Å². The minimum atomic E-state index is 0.0388. The number of nitrogens with two attached hydrogens (primary N) is 1. The lowest BCUT2D eigenvalue weighted by Gasteiger charge is -2.27. The van der Waals surface area contributed by atoms with Crippen molar-refractivity contribution >= 4 is 17.6 Å². The zero-order valence-corrected chi connectivity index (χ0v) is 12.1. The highest BCUT2D eigenvalue weighted by Crippen LogP contribution is 2.14. The van der Waals surface area contributed by atoms with Gasteiger partial charge in [-0.05, 0) is 31.4 Å². The van der Waals surface area contributed by atoms with Gasteiger partial charge in [0, 0.05) is 24.5 Å². The van der Waals surface area contributed by atoms with Gasteiger partial charge in [0.25, 0.3) is 0 Å². The van der Waals surface area contributed by atoms with Gasteiger partial charge in [-0.2, -0.15) is 11.8 Å². The van der Waals surface area contributed by atoms with E-state index in [-0.39, 0.29) is 5.84 Å². The second-order valence-corrected chi connectivity index (χ2v) is 5.27. The minimum absolute atomic E-state index is 0.0388. The fraction of sp³-hybridized carbons (Fsp3) is 0.538. The van der Waals surface area contributed by atoms with Crippen molar-refractivity contribution < 1.29 is 0 Å². The van der Waals surface area contributed by atoms with E-state index in [1.165, 1.54) is 0 Å². The van der Waals surface area contributed by atoms with E-state index in [0.29, 0.717) is 11.7 Å². The lowest BCUT2D eigenvalue weighted by Crippen LogP contribution is -2.33. The molecule has 0 spiro atoms. The molecule has 1 unspecified atom stereocenters. The van der Waals surface area contributed by atoms with Gasteiger partial charge in [0.15, 0.2) is 0 Å². The average Bonchev–Trinajstić information content (AvgIpc) is 2.36. The predicted molar refractivity (Wildman–Crippen MR) is 79.2 cm³/mol. The molecule has 18 heavy (non-hydrogen) atoms. The molecule has 0 bridgehead atoms. The Morgan fingerprint density at radius 3 is 2.89 bits per heavy atom. The summed E-state index contributed by atoms with van der Waals surface area (Å²) < 4.78 is 0. The molecule has 100 valence electrons. The van der Waals surface area contributed by atoms with E-state index in [1.807, 2.05) is 23.9 Å². The van der Waals surface area contributed by atoms with Gasteiger partial charge in [0.1, 0.15) is 11.5 Å². The zero-order valence-electron chi connectivity index (χ0n) is 11.3. The van der Waals surface area contributed by atoms with Crippen LogP contribution in [0.5, 0.6) is 0 Å². The van der Waals surface area contributed by atoms with Crippen LogP contribution in [0.2, 0.25) is 0 Å². The Balaban J connectivity index is 2.80. The summed E-state index contributed by atoms with van der Waals surface area (Å²) in [5, 5.41) is 7.55. The third-order valence-electron chi connectivity index (χ3n) is 3.02. The summed E-state index contributed by atoms with van der Waals surface area (Å²) in [6, 6.07) is 4.43. The quantitative estimate of drug-likeness (QED) is 0.585. The fourth-order valence-electron chi connectivity index (χ4n) is 1.96. The smallest absolute Gasteiger partial charge is 0.142 e. The van der Waals surface area contributed by atoms with Crippen LogP contribution in [-0.2, 0) is 6.54 Å². The summed E-state index contributed by atoms with van der Waals surface area (Å²) in [5.74, 6) is 1.15. The highest BCUT2D eigenvalue weighted by Gasteiger charge is 2.15. The van der Waals surface area contributed by atoms with E-state index in [0.717, 1.165) is 24.3 Å². The molecule has 0 aliphatic carbocycles. The van der Waals surface area contributed by atoms with Gasteiger partial charge in [0.2, 0.25) is 0 Å². The Morgan fingerprint density at radius 1 is 1.61 bits per heavy atom. The molecule has 1 atom stereocenters. The SMILES string of the molecule is CCC(CSC)N(C)Cc1cccnc1C(=N)N. The molecule has 0 saturated heterocycles. The molecule has 0 saturated carbocycles. The van der Waals surface area contributed by atoms with Crippen LogP contribution in [0.4, 0.5) is 0 Å². The maximum Gasteiger partial charge on any atom is 0.142 e. The van der Waals surface area contributed by atoms with Crippen LogP contribution >= 0.6 is 11.8 Å². The minimum Gasteiger partial charge on any atom is -0.382 e. The zero-order chi connectivity index (χ0) is 13.5. The second kappa shape index (κ2) is 7.38. The number of nitrogens with one attached hydrogen (secondary N) is 1. The average molecular weight is 266 g/mol. The molecule has 0 aromatic carbocycles. The Bertz CT molecular complexity index is 394. The summed E-state index contributed by atoms with van der Waals surface area (Å²) in [6.07, 6.45) is 4.92. The molecule has 0 radical (unpaired) electrons. The number of aromatic nitrogens is 1. The van der Waals surface area contributed by atoms with Gasteiger partial charge >= 0.3 is 0 Å². The normalized spacial score (nSPS) is 12.7. The number of amidine groups is 1. The number of pyridine rings is 1. The van der Waals surface area contributed by atoms with Crippen LogP contribution in [0.1, 0.15) is 24.6 Å². The van der Waals surface area contributed by atoms with Gasteiger partial charge in [0.05, 0.1) is 0 Å². The maximum atomic E-state index is 7.55. The van der Waals surface area contributed by atoms with Crippen LogP contribution in [0.25, 0.3) is 0 Å². The summed E-state index contributed by atoms with van der Waals surface area (Å²) in [5.41, 5.74) is 7.18. The lowest BCUT2D eigenvalue weighted by atomic mass is 10.1. The molecule has 1 aromatic heterocycles. The maximum absolute atomic E-state index is 7.55. The molecule has 0 aliphatic rings. The van der Waals surface area contributed by atoms with Crippen molar-refractivity contribution in [3.63, 3.8) is 0 Å². The number of thioether (sulfide) groups is 1. The molecular formula is C13H22N4S. The third kappa shape index (κ3) is 3.99. The molecule has 5 heteroatoms. The summed E-state index contributed by atoms with van der Waals surface area (Å²) >= 11 is 1.86. The summed E-state index contributed by atoms with van der Waals surface area (Å²) in [7, 11) is 2.11. The number of hydrogen-bond donors (Lipinski definition) is 2. The van der Waals surface area contributed by atoms with E-state index in [1.54, 1.807) is 6.20 Å². The van der Waals surface area contributed by atoms with E-state index in [9.17, 15) is 0 Å².